The van der Waals surface area contributed by atoms with Gasteiger partial charge >= 0.3 is 0 Å². The van der Waals surface area contributed by atoms with Crippen LogP contribution in [0.2, 0.25) is 0 Å². The lowest BCUT2D eigenvalue weighted by Crippen LogP contribution is -2.35. The van der Waals surface area contributed by atoms with Crippen molar-refractivity contribution < 1.29 is 18.0 Å². The van der Waals surface area contributed by atoms with Gasteiger partial charge in [0.1, 0.15) is 0 Å². The highest BCUT2D eigenvalue weighted by molar-refractivity contribution is 7.89. The predicted molar refractivity (Wildman–Crippen MR) is 107 cm³/mol. The topological polar surface area (TPSA) is 95.6 Å². The van der Waals surface area contributed by atoms with Crippen LogP contribution in [0.5, 0.6) is 0 Å². The summed E-state index contributed by atoms with van der Waals surface area (Å²) in [4.78, 5) is 26.0. The number of amides is 2. The highest BCUT2D eigenvalue weighted by atomic mass is 32.2. The number of anilines is 1. The number of carbonyl (C=O) groups excluding carboxylic acids is 2. The molecule has 2 aromatic carbocycles. The quantitative estimate of drug-likeness (QED) is 0.693. The van der Waals surface area contributed by atoms with E-state index < -0.39 is 21.8 Å². The lowest BCUT2D eigenvalue weighted by Gasteiger charge is -2.17. The van der Waals surface area contributed by atoms with Crippen LogP contribution in [-0.4, -0.2) is 45.3 Å². The minimum atomic E-state index is -3.68. The van der Waals surface area contributed by atoms with Crippen molar-refractivity contribution in [3.8, 4) is 12.3 Å². The van der Waals surface area contributed by atoms with E-state index in [2.05, 4.69) is 16.0 Å². The van der Waals surface area contributed by atoms with E-state index in [1.54, 1.807) is 31.2 Å². The van der Waals surface area contributed by atoms with Gasteiger partial charge in [-0.05, 0) is 36.4 Å². The minimum Gasteiger partial charge on any atom is -0.332 e. The number of likely N-dealkylation sites (N-methyl/N-ethyl adjacent to an activating group) is 1. The molecule has 0 aliphatic heterocycles. The normalized spacial score (nSPS) is 10.8. The number of nitrogens with one attached hydrogen (secondary N) is 2. The Morgan fingerprint density at radius 3 is 2.54 bits per heavy atom. The van der Waals surface area contributed by atoms with Gasteiger partial charge in [0.15, 0.2) is 0 Å². The number of nitrogens with zero attached hydrogens (tertiary/aromatic N) is 1. The number of sulfonamides is 1. The fourth-order valence-corrected chi connectivity index (χ4v) is 3.55. The summed E-state index contributed by atoms with van der Waals surface area (Å²) < 4.78 is 26.6. The third-order valence-electron chi connectivity index (χ3n) is 3.77. The van der Waals surface area contributed by atoms with E-state index in [9.17, 15) is 18.0 Å². The van der Waals surface area contributed by atoms with E-state index in [4.69, 9.17) is 6.42 Å². The van der Waals surface area contributed by atoms with Crippen LogP contribution in [-0.2, 0) is 14.8 Å². The van der Waals surface area contributed by atoms with Crippen LogP contribution in [0.4, 0.5) is 5.69 Å². The van der Waals surface area contributed by atoms with Crippen LogP contribution in [0.25, 0.3) is 0 Å². The molecule has 0 aromatic heterocycles. The summed E-state index contributed by atoms with van der Waals surface area (Å²) in [5.74, 6) is 1.60. The minimum absolute atomic E-state index is 0.0100. The summed E-state index contributed by atoms with van der Waals surface area (Å²) in [5.41, 5.74) is 1.32. The molecular weight excluding hydrogens is 378 g/mol. The van der Waals surface area contributed by atoms with E-state index in [1.165, 1.54) is 36.2 Å². The number of hydrogen-bond acceptors (Lipinski definition) is 4. The predicted octanol–water partition coefficient (Wildman–Crippen LogP) is 1.68. The summed E-state index contributed by atoms with van der Waals surface area (Å²) in [6, 6.07) is 12.5. The molecule has 146 valence electrons. The van der Waals surface area contributed by atoms with Gasteiger partial charge in [0.05, 0.1) is 11.4 Å². The summed E-state index contributed by atoms with van der Waals surface area (Å²) in [7, 11) is -2.22. The van der Waals surface area contributed by atoms with Crippen molar-refractivity contribution in [2.45, 2.75) is 11.8 Å². The standard InChI is InChI=1S/C20H21N3O4S/c1-4-15-8-6-10-17(12-15)22-19(24)14-23(3)20(25)16-9-7-11-18(13-16)28(26,27)21-5-2/h1,6-13,21H,5,14H2,2-3H3,(H,22,24). The third kappa shape index (κ3) is 5.42. The molecule has 2 aromatic rings. The smallest absolute Gasteiger partial charge is 0.254 e. The summed E-state index contributed by atoms with van der Waals surface area (Å²) in [6.07, 6.45) is 5.33. The van der Waals surface area contributed by atoms with Gasteiger partial charge in [-0.3, -0.25) is 9.59 Å². The Bertz CT molecular complexity index is 1030. The molecule has 2 rings (SSSR count). The Kier molecular flexibility index (Phi) is 6.93. The molecule has 0 spiro atoms. The number of carbonyl (C=O) groups is 2. The van der Waals surface area contributed by atoms with Gasteiger partial charge in [0, 0.05) is 30.4 Å². The molecule has 0 radical (unpaired) electrons. The molecule has 0 heterocycles. The van der Waals surface area contributed by atoms with Crippen molar-refractivity contribution in [2.24, 2.45) is 0 Å². The Labute approximate surface area is 164 Å². The molecule has 0 aliphatic carbocycles. The molecule has 7 nitrogen and oxygen atoms in total. The zero-order chi connectivity index (χ0) is 20.7. The SMILES string of the molecule is C#Cc1cccc(NC(=O)CN(C)C(=O)c2cccc(S(=O)(=O)NCC)c2)c1. The van der Waals surface area contributed by atoms with E-state index in [0.717, 1.165) is 0 Å². The van der Waals surface area contributed by atoms with Crippen LogP contribution in [0, 0.1) is 12.3 Å². The van der Waals surface area contributed by atoms with Crippen molar-refractivity contribution >= 4 is 27.5 Å². The molecular formula is C20H21N3O4S. The third-order valence-corrected chi connectivity index (χ3v) is 5.31. The second kappa shape index (κ2) is 9.17. The molecule has 0 atom stereocenters. The lowest BCUT2D eigenvalue weighted by molar-refractivity contribution is -0.116. The number of terminal acetylenes is 1. The summed E-state index contributed by atoms with van der Waals surface area (Å²) >= 11 is 0. The van der Waals surface area contributed by atoms with Gasteiger partial charge < -0.3 is 10.2 Å². The Morgan fingerprint density at radius 1 is 1.14 bits per heavy atom. The van der Waals surface area contributed by atoms with Crippen LogP contribution in [0.15, 0.2) is 53.4 Å². The van der Waals surface area contributed by atoms with E-state index >= 15 is 0 Å². The maximum absolute atomic E-state index is 12.6. The van der Waals surface area contributed by atoms with Crippen LogP contribution < -0.4 is 10.0 Å². The van der Waals surface area contributed by atoms with Crippen molar-refractivity contribution in [2.75, 3.05) is 25.5 Å². The van der Waals surface area contributed by atoms with E-state index in [-0.39, 0.29) is 23.5 Å². The molecule has 8 heteroatoms. The van der Waals surface area contributed by atoms with Crippen molar-refractivity contribution in [1.29, 1.82) is 0 Å². The molecule has 0 aliphatic rings. The molecule has 0 saturated carbocycles. The average molecular weight is 399 g/mol. The largest absolute Gasteiger partial charge is 0.332 e. The van der Waals surface area contributed by atoms with Crippen LogP contribution in [0.1, 0.15) is 22.8 Å². The molecule has 28 heavy (non-hydrogen) atoms. The lowest BCUT2D eigenvalue weighted by atomic mass is 10.2. The van der Waals surface area contributed by atoms with Crippen LogP contribution >= 0.6 is 0 Å². The maximum atomic E-state index is 12.6. The highest BCUT2D eigenvalue weighted by Gasteiger charge is 2.19. The van der Waals surface area contributed by atoms with Gasteiger partial charge in [-0.1, -0.05) is 25.0 Å². The first-order valence-corrected chi connectivity index (χ1v) is 9.97. The zero-order valence-corrected chi connectivity index (χ0v) is 16.4. The van der Waals surface area contributed by atoms with Gasteiger partial charge in [-0.15, -0.1) is 6.42 Å². The summed E-state index contributed by atoms with van der Waals surface area (Å²) in [6.45, 7) is 1.70. The van der Waals surface area contributed by atoms with E-state index in [1.807, 2.05) is 0 Å². The van der Waals surface area contributed by atoms with Gasteiger partial charge in [0.2, 0.25) is 15.9 Å². The van der Waals surface area contributed by atoms with Crippen molar-refractivity contribution in [3.05, 3.63) is 59.7 Å². The first-order chi connectivity index (χ1) is 13.3. The number of hydrogen-bond donors (Lipinski definition) is 2. The molecule has 0 bridgehead atoms. The fourth-order valence-electron chi connectivity index (χ4n) is 2.46. The van der Waals surface area contributed by atoms with Crippen molar-refractivity contribution in [1.82, 2.24) is 9.62 Å². The summed E-state index contributed by atoms with van der Waals surface area (Å²) in [5, 5.41) is 2.67. The van der Waals surface area contributed by atoms with E-state index in [0.29, 0.717) is 11.3 Å². The Morgan fingerprint density at radius 2 is 1.86 bits per heavy atom. The molecule has 0 saturated heterocycles. The first-order valence-electron chi connectivity index (χ1n) is 8.48. The maximum Gasteiger partial charge on any atom is 0.254 e. The Balaban J connectivity index is 2.08. The van der Waals surface area contributed by atoms with Crippen molar-refractivity contribution in [3.63, 3.8) is 0 Å². The van der Waals surface area contributed by atoms with Gasteiger partial charge in [-0.2, -0.15) is 0 Å². The monoisotopic (exact) mass is 399 g/mol. The van der Waals surface area contributed by atoms with Gasteiger partial charge in [0.25, 0.3) is 5.91 Å². The number of rotatable bonds is 7. The second-order valence-electron chi connectivity index (χ2n) is 5.96. The fraction of sp³-hybridized carbons (Fsp3) is 0.200. The first kappa shape index (κ1) is 21.2. The molecule has 0 unspecified atom stereocenters. The highest BCUT2D eigenvalue weighted by Crippen LogP contribution is 2.14. The molecule has 2 amide bonds. The van der Waals surface area contributed by atoms with Crippen LogP contribution in [0.3, 0.4) is 0 Å². The molecule has 2 N–H and O–H groups in total. The number of benzene rings is 2. The average Bonchev–Trinajstić information content (AvgIpc) is 2.67. The zero-order valence-electron chi connectivity index (χ0n) is 15.6. The second-order valence-corrected chi connectivity index (χ2v) is 7.73. The Hall–Kier alpha value is -3.15. The van der Waals surface area contributed by atoms with Gasteiger partial charge in [-0.25, -0.2) is 13.1 Å². The molecule has 0 fully saturated rings.